The molecule has 2 aromatic heterocycles. The largest absolute Gasteiger partial charge is 0.456 e. The minimum absolute atomic E-state index is 0.159. The second-order valence-electron chi connectivity index (χ2n) is 3.96. The first-order chi connectivity index (χ1) is 8.52. The second-order valence-corrected chi connectivity index (χ2v) is 3.96. The van der Waals surface area contributed by atoms with E-state index in [1.54, 1.807) is 32.9 Å². The summed E-state index contributed by atoms with van der Waals surface area (Å²) in [4.78, 5) is 11.8. The van der Waals surface area contributed by atoms with Gasteiger partial charge in [-0.1, -0.05) is 0 Å². The lowest BCUT2D eigenvalue weighted by Crippen LogP contribution is -2.11. The van der Waals surface area contributed by atoms with Crippen molar-refractivity contribution in [1.82, 2.24) is 0 Å². The Morgan fingerprint density at radius 1 is 1.28 bits per heavy atom. The van der Waals surface area contributed by atoms with E-state index in [9.17, 15) is 4.79 Å². The van der Waals surface area contributed by atoms with Gasteiger partial charge in [0.05, 0.1) is 0 Å². The maximum atomic E-state index is 11.8. The van der Waals surface area contributed by atoms with Crippen LogP contribution in [-0.2, 0) is 0 Å². The summed E-state index contributed by atoms with van der Waals surface area (Å²) in [6.45, 7) is 5.26. The van der Waals surface area contributed by atoms with Crippen molar-refractivity contribution in [3.05, 3.63) is 40.5 Å². The van der Waals surface area contributed by atoms with Crippen molar-refractivity contribution in [1.29, 1.82) is 5.26 Å². The number of nitriles is 1. The molecule has 0 aromatic carbocycles. The molecule has 5 heteroatoms. The van der Waals surface area contributed by atoms with Crippen molar-refractivity contribution in [2.75, 3.05) is 5.32 Å². The van der Waals surface area contributed by atoms with Crippen LogP contribution in [0.1, 0.15) is 33.2 Å². The first-order valence-corrected chi connectivity index (χ1v) is 5.40. The lowest BCUT2D eigenvalue weighted by atomic mass is 10.2. The van der Waals surface area contributed by atoms with Crippen molar-refractivity contribution in [3.8, 4) is 6.07 Å². The van der Waals surface area contributed by atoms with E-state index in [-0.39, 0.29) is 11.6 Å². The van der Waals surface area contributed by atoms with Crippen molar-refractivity contribution in [2.45, 2.75) is 20.8 Å². The van der Waals surface area contributed by atoms with Gasteiger partial charge in [0.25, 0.3) is 5.91 Å². The zero-order chi connectivity index (χ0) is 13.3. The summed E-state index contributed by atoms with van der Waals surface area (Å²) in [6, 6.07) is 5.27. The molecule has 0 radical (unpaired) electrons. The van der Waals surface area contributed by atoms with E-state index in [0.29, 0.717) is 17.1 Å². The van der Waals surface area contributed by atoms with Crippen LogP contribution in [0.5, 0.6) is 0 Å². The Kier molecular flexibility index (Phi) is 2.94. The summed E-state index contributed by atoms with van der Waals surface area (Å²) in [5.74, 6) is 1.16. The molecule has 0 bridgehead atoms. The minimum Gasteiger partial charge on any atom is -0.456 e. The summed E-state index contributed by atoms with van der Waals surface area (Å²) in [7, 11) is 0. The lowest BCUT2D eigenvalue weighted by molar-refractivity contribution is 0.0993. The molecule has 0 atom stereocenters. The van der Waals surface area contributed by atoms with E-state index in [2.05, 4.69) is 5.32 Å². The standard InChI is InChI=1S/C13H12N2O3/c1-7-4-5-11(17-7)12(16)15-13-10(6-14)8(2)9(3)18-13/h4-5H,1-3H3,(H,15,16). The minimum atomic E-state index is -0.437. The third-order valence-electron chi connectivity index (χ3n) is 2.69. The number of amides is 1. The highest BCUT2D eigenvalue weighted by atomic mass is 16.4. The van der Waals surface area contributed by atoms with Crippen molar-refractivity contribution >= 4 is 11.8 Å². The number of aryl methyl sites for hydroxylation is 2. The zero-order valence-corrected chi connectivity index (χ0v) is 10.3. The molecule has 2 aromatic rings. The Bertz CT molecular complexity index is 644. The summed E-state index contributed by atoms with van der Waals surface area (Å²) in [5, 5.41) is 11.5. The van der Waals surface area contributed by atoms with Crippen molar-refractivity contribution in [3.63, 3.8) is 0 Å². The summed E-state index contributed by atoms with van der Waals surface area (Å²) in [5.41, 5.74) is 1.06. The summed E-state index contributed by atoms with van der Waals surface area (Å²) in [6.07, 6.45) is 0. The van der Waals surface area contributed by atoms with Crippen LogP contribution >= 0.6 is 0 Å². The predicted molar refractivity (Wildman–Crippen MR) is 64.3 cm³/mol. The van der Waals surface area contributed by atoms with Gasteiger partial charge in [-0.25, -0.2) is 0 Å². The van der Waals surface area contributed by atoms with Gasteiger partial charge in [0.2, 0.25) is 5.88 Å². The van der Waals surface area contributed by atoms with Crippen LogP contribution < -0.4 is 5.32 Å². The third-order valence-corrected chi connectivity index (χ3v) is 2.69. The Hall–Kier alpha value is -2.48. The van der Waals surface area contributed by atoms with Crippen LogP contribution in [0.2, 0.25) is 0 Å². The third kappa shape index (κ3) is 2.00. The number of hydrogen-bond acceptors (Lipinski definition) is 4. The number of hydrogen-bond donors (Lipinski definition) is 1. The fraction of sp³-hybridized carbons (Fsp3) is 0.231. The number of furan rings is 2. The average Bonchev–Trinajstić information content (AvgIpc) is 2.85. The van der Waals surface area contributed by atoms with Gasteiger partial charge in [-0.15, -0.1) is 0 Å². The Labute approximate surface area is 104 Å². The van der Waals surface area contributed by atoms with E-state index in [1.165, 1.54) is 0 Å². The number of carbonyl (C=O) groups excluding carboxylic acids is 1. The number of nitrogens with one attached hydrogen (secondary N) is 1. The molecule has 0 saturated carbocycles. The Balaban J connectivity index is 2.28. The van der Waals surface area contributed by atoms with Gasteiger partial charge in [0.15, 0.2) is 5.76 Å². The second kappa shape index (κ2) is 4.41. The van der Waals surface area contributed by atoms with E-state index in [1.807, 2.05) is 6.07 Å². The van der Waals surface area contributed by atoms with E-state index >= 15 is 0 Å². The highest BCUT2D eigenvalue weighted by molar-refractivity contribution is 6.02. The van der Waals surface area contributed by atoms with Crippen LogP contribution in [-0.4, -0.2) is 5.91 Å². The van der Waals surface area contributed by atoms with Gasteiger partial charge < -0.3 is 8.83 Å². The number of carbonyl (C=O) groups is 1. The SMILES string of the molecule is Cc1ccc(C(=O)Nc2oc(C)c(C)c2C#N)o1. The van der Waals surface area contributed by atoms with Crippen LogP contribution in [0.15, 0.2) is 21.0 Å². The first kappa shape index (κ1) is 12.0. The molecule has 1 amide bonds. The lowest BCUT2D eigenvalue weighted by Gasteiger charge is -1.99. The first-order valence-electron chi connectivity index (χ1n) is 5.40. The molecular formula is C13H12N2O3. The number of rotatable bonds is 2. The molecule has 2 heterocycles. The molecule has 0 aliphatic carbocycles. The molecule has 2 rings (SSSR count). The summed E-state index contributed by atoms with van der Waals surface area (Å²) >= 11 is 0. The molecule has 18 heavy (non-hydrogen) atoms. The fourth-order valence-corrected chi connectivity index (χ4v) is 1.57. The van der Waals surface area contributed by atoms with Gasteiger partial charge >= 0.3 is 0 Å². The van der Waals surface area contributed by atoms with Crippen LogP contribution in [0.4, 0.5) is 5.88 Å². The van der Waals surface area contributed by atoms with Gasteiger partial charge in [-0.05, 0) is 32.9 Å². The van der Waals surface area contributed by atoms with Crippen molar-refractivity contribution < 1.29 is 13.6 Å². The maximum absolute atomic E-state index is 11.8. The van der Waals surface area contributed by atoms with E-state index in [4.69, 9.17) is 14.1 Å². The molecule has 0 spiro atoms. The normalized spacial score (nSPS) is 10.1. The quantitative estimate of drug-likeness (QED) is 0.880. The molecular weight excluding hydrogens is 232 g/mol. The monoisotopic (exact) mass is 244 g/mol. The Morgan fingerprint density at radius 3 is 2.56 bits per heavy atom. The molecule has 0 aliphatic heterocycles. The molecule has 0 saturated heterocycles. The fourth-order valence-electron chi connectivity index (χ4n) is 1.57. The molecule has 5 nitrogen and oxygen atoms in total. The predicted octanol–water partition coefficient (Wildman–Crippen LogP) is 2.92. The Morgan fingerprint density at radius 2 is 2.00 bits per heavy atom. The van der Waals surface area contributed by atoms with Gasteiger partial charge in [0.1, 0.15) is 23.2 Å². The summed E-state index contributed by atoms with van der Waals surface area (Å²) < 4.78 is 10.5. The molecule has 92 valence electrons. The van der Waals surface area contributed by atoms with E-state index < -0.39 is 5.91 Å². The van der Waals surface area contributed by atoms with Gasteiger partial charge in [-0.3, -0.25) is 10.1 Å². The number of nitrogens with zero attached hydrogens (tertiary/aromatic N) is 1. The molecule has 0 unspecified atom stereocenters. The highest BCUT2D eigenvalue weighted by Crippen LogP contribution is 2.25. The molecule has 1 N–H and O–H groups in total. The number of anilines is 1. The molecule has 0 fully saturated rings. The smallest absolute Gasteiger partial charge is 0.293 e. The topological polar surface area (TPSA) is 79.2 Å². The van der Waals surface area contributed by atoms with Crippen LogP contribution in [0.25, 0.3) is 0 Å². The van der Waals surface area contributed by atoms with E-state index in [0.717, 1.165) is 5.56 Å². The zero-order valence-electron chi connectivity index (χ0n) is 10.3. The van der Waals surface area contributed by atoms with Gasteiger partial charge in [0, 0.05) is 5.56 Å². The van der Waals surface area contributed by atoms with Crippen molar-refractivity contribution in [2.24, 2.45) is 0 Å². The highest BCUT2D eigenvalue weighted by Gasteiger charge is 2.18. The van der Waals surface area contributed by atoms with Gasteiger partial charge in [-0.2, -0.15) is 5.26 Å². The van der Waals surface area contributed by atoms with Crippen LogP contribution in [0, 0.1) is 32.1 Å². The average molecular weight is 244 g/mol. The van der Waals surface area contributed by atoms with Crippen LogP contribution in [0.3, 0.4) is 0 Å². The molecule has 0 aliphatic rings. The maximum Gasteiger partial charge on any atom is 0.293 e.